The van der Waals surface area contributed by atoms with Gasteiger partial charge in [0.25, 0.3) is 11.8 Å². The first kappa shape index (κ1) is 16.9. The molecular formula is C17H19ClFN3O2. The lowest BCUT2D eigenvalue weighted by Crippen LogP contribution is -2.47. The number of nitrogens with zero attached hydrogens (tertiary/aromatic N) is 2. The maximum Gasteiger partial charge on any atom is 0.252 e. The van der Waals surface area contributed by atoms with Gasteiger partial charge in [0.05, 0.1) is 5.02 Å². The topological polar surface area (TPSA) is 68.0 Å². The van der Waals surface area contributed by atoms with Gasteiger partial charge in [-0.15, -0.1) is 0 Å². The minimum absolute atomic E-state index is 0.0774. The van der Waals surface area contributed by atoms with E-state index in [1.54, 1.807) is 0 Å². The molecular weight excluding hydrogens is 333 g/mol. The summed E-state index contributed by atoms with van der Waals surface area (Å²) >= 11 is 5.78. The fourth-order valence-corrected chi connectivity index (χ4v) is 3.25. The number of halogens is 2. The number of carbonyl (C=O) groups is 1. The van der Waals surface area contributed by atoms with E-state index in [-0.39, 0.29) is 10.9 Å². The van der Waals surface area contributed by atoms with Crippen LogP contribution in [0.25, 0.3) is 0 Å². The average molecular weight is 352 g/mol. The molecule has 0 unspecified atom stereocenters. The lowest BCUT2D eigenvalue weighted by molar-refractivity contribution is 0.0824. The normalized spacial score (nSPS) is 16.8. The lowest BCUT2D eigenvalue weighted by atomic mass is 9.81. The molecule has 7 heteroatoms. The standard InChI is InChI=1S/C17H19ClFN3O2/c1-2-14-20-16(24-22-14)17(8-4-3-5-9-17)21-15(23)11-6-7-13(19)12(18)10-11/h6-7,10H,2-5,8-9H2,1H3,(H,21,23). The van der Waals surface area contributed by atoms with Gasteiger partial charge in [0.1, 0.15) is 11.4 Å². The van der Waals surface area contributed by atoms with Crippen LogP contribution in [0.3, 0.4) is 0 Å². The van der Waals surface area contributed by atoms with Crippen molar-refractivity contribution in [3.63, 3.8) is 0 Å². The van der Waals surface area contributed by atoms with Crippen LogP contribution in [0.4, 0.5) is 4.39 Å². The molecule has 1 saturated carbocycles. The van der Waals surface area contributed by atoms with Crippen LogP contribution in [0.15, 0.2) is 22.7 Å². The highest BCUT2D eigenvalue weighted by Crippen LogP contribution is 2.36. The van der Waals surface area contributed by atoms with E-state index in [0.717, 1.165) is 32.1 Å². The van der Waals surface area contributed by atoms with Crippen LogP contribution in [-0.4, -0.2) is 16.0 Å². The largest absolute Gasteiger partial charge is 0.338 e. The first-order valence-electron chi connectivity index (χ1n) is 8.15. The highest BCUT2D eigenvalue weighted by molar-refractivity contribution is 6.31. The fraction of sp³-hybridized carbons (Fsp3) is 0.471. The molecule has 1 fully saturated rings. The Labute approximate surface area is 144 Å². The van der Waals surface area contributed by atoms with Crippen LogP contribution in [-0.2, 0) is 12.0 Å². The van der Waals surface area contributed by atoms with E-state index in [1.807, 2.05) is 6.92 Å². The van der Waals surface area contributed by atoms with Crippen molar-refractivity contribution in [2.24, 2.45) is 0 Å². The summed E-state index contributed by atoms with van der Waals surface area (Å²) in [6.07, 6.45) is 5.18. The van der Waals surface area contributed by atoms with E-state index >= 15 is 0 Å². The Morgan fingerprint density at radius 3 is 2.75 bits per heavy atom. The summed E-state index contributed by atoms with van der Waals surface area (Å²) in [7, 11) is 0. The second-order valence-corrected chi connectivity index (χ2v) is 6.50. The smallest absolute Gasteiger partial charge is 0.252 e. The third-order valence-electron chi connectivity index (χ3n) is 4.44. The van der Waals surface area contributed by atoms with Crippen LogP contribution in [0.5, 0.6) is 0 Å². The SMILES string of the molecule is CCc1noc(C2(NC(=O)c3ccc(F)c(Cl)c3)CCCCC2)n1. The summed E-state index contributed by atoms with van der Waals surface area (Å²) in [5, 5.41) is 6.91. The second-order valence-electron chi connectivity index (χ2n) is 6.10. The molecule has 0 saturated heterocycles. The zero-order valence-corrected chi connectivity index (χ0v) is 14.2. The fourth-order valence-electron chi connectivity index (χ4n) is 3.07. The minimum Gasteiger partial charge on any atom is -0.338 e. The summed E-state index contributed by atoms with van der Waals surface area (Å²) < 4.78 is 18.7. The predicted molar refractivity (Wildman–Crippen MR) is 87.3 cm³/mol. The molecule has 1 heterocycles. The van der Waals surface area contributed by atoms with Gasteiger partial charge in [0.15, 0.2) is 5.82 Å². The van der Waals surface area contributed by atoms with Crippen molar-refractivity contribution in [1.82, 2.24) is 15.5 Å². The van der Waals surface area contributed by atoms with E-state index in [9.17, 15) is 9.18 Å². The van der Waals surface area contributed by atoms with Crippen LogP contribution in [0, 0.1) is 5.82 Å². The molecule has 128 valence electrons. The number of aromatic nitrogens is 2. The number of nitrogens with one attached hydrogen (secondary N) is 1. The van der Waals surface area contributed by atoms with E-state index in [1.165, 1.54) is 18.2 Å². The van der Waals surface area contributed by atoms with Crippen molar-refractivity contribution in [3.05, 3.63) is 46.3 Å². The van der Waals surface area contributed by atoms with Gasteiger partial charge < -0.3 is 9.84 Å². The van der Waals surface area contributed by atoms with Gasteiger partial charge in [-0.3, -0.25) is 4.79 Å². The number of benzene rings is 1. The molecule has 0 bridgehead atoms. The van der Waals surface area contributed by atoms with Crippen LogP contribution in [0.2, 0.25) is 5.02 Å². The Balaban J connectivity index is 1.88. The number of carbonyl (C=O) groups excluding carboxylic acids is 1. The number of hydrogen-bond donors (Lipinski definition) is 1. The third kappa shape index (κ3) is 3.29. The maximum absolute atomic E-state index is 13.3. The molecule has 1 aromatic heterocycles. The van der Waals surface area contributed by atoms with Crippen molar-refractivity contribution in [3.8, 4) is 0 Å². The molecule has 0 atom stereocenters. The van der Waals surface area contributed by atoms with Crippen LogP contribution >= 0.6 is 11.6 Å². The van der Waals surface area contributed by atoms with Crippen LogP contribution < -0.4 is 5.32 Å². The Morgan fingerprint density at radius 2 is 2.12 bits per heavy atom. The Morgan fingerprint density at radius 1 is 1.38 bits per heavy atom. The zero-order chi connectivity index (χ0) is 17.2. The van der Waals surface area contributed by atoms with E-state index < -0.39 is 11.4 Å². The second kappa shape index (κ2) is 6.89. The molecule has 1 aliphatic rings. The Hall–Kier alpha value is -1.95. The average Bonchev–Trinajstić information content (AvgIpc) is 3.08. The zero-order valence-electron chi connectivity index (χ0n) is 13.4. The van der Waals surface area contributed by atoms with Crippen molar-refractivity contribution >= 4 is 17.5 Å². The molecule has 1 amide bonds. The monoisotopic (exact) mass is 351 g/mol. The maximum atomic E-state index is 13.3. The number of aryl methyl sites for hydroxylation is 1. The molecule has 0 spiro atoms. The van der Waals surface area contributed by atoms with Gasteiger partial charge in [-0.05, 0) is 31.0 Å². The minimum atomic E-state index is -0.670. The van der Waals surface area contributed by atoms with Crippen molar-refractivity contribution in [2.75, 3.05) is 0 Å². The van der Waals surface area contributed by atoms with E-state index in [4.69, 9.17) is 16.1 Å². The van der Waals surface area contributed by atoms with Crippen molar-refractivity contribution < 1.29 is 13.7 Å². The van der Waals surface area contributed by atoms with Gasteiger partial charge in [-0.25, -0.2) is 4.39 Å². The molecule has 1 N–H and O–H groups in total. The first-order chi connectivity index (χ1) is 11.5. The molecule has 0 radical (unpaired) electrons. The molecule has 0 aliphatic heterocycles. The van der Waals surface area contributed by atoms with Gasteiger partial charge >= 0.3 is 0 Å². The number of rotatable bonds is 4. The molecule has 1 aliphatic carbocycles. The predicted octanol–water partition coefficient (Wildman–Crippen LogP) is 4.01. The Kier molecular flexibility index (Phi) is 4.85. The van der Waals surface area contributed by atoms with E-state index in [2.05, 4.69) is 15.5 Å². The summed E-state index contributed by atoms with van der Waals surface area (Å²) in [6.45, 7) is 1.95. The van der Waals surface area contributed by atoms with Crippen molar-refractivity contribution in [2.45, 2.75) is 51.0 Å². The summed E-state index contributed by atoms with van der Waals surface area (Å²) in [5.41, 5.74) is -0.363. The molecule has 2 aromatic rings. The third-order valence-corrected chi connectivity index (χ3v) is 4.73. The van der Waals surface area contributed by atoms with E-state index in [0.29, 0.717) is 23.7 Å². The summed E-state index contributed by atoms with van der Waals surface area (Å²) in [6, 6.07) is 3.93. The van der Waals surface area contributed by atoms with Gasteiger partial charge in [0.2, 0.25) is 0 Å². The molecule has 1 aromatic carbocycles. The summed E-state index contributed by atoms with van der Waals surface area (Å²) in [5.74, 6) is 0.190. The Bertz CT molecular complexity index is 741. The molecule has 5 nitrogen and oxygen atoms in total. The first-order valence-corrected chi connectivity index (χ1v) is 8.52. The quantitative estimate of drug-likeness (QED) is 0.903. The molecule has 3 rings (SSSR count). The van der Waals surface area contributed by atoms with Crippen molar-refractivity contribution in [1.29, 1.82) is 0 Å². The van der Waals surface area contributed by atoms with Gasteiger partial charge in [-0.1, -0.05) is 42.9 Å². The highest BCUT2D eigenvalue weighted by atomic mass is 35.5. The highest BCUT2D eigenvalue weighted by Gasteiger charge is 2.40. The number of amides is 1. The lowest BCUT2D eigenvalue weighted by Gasteiger charge is -2.34. The van der Waals surface area contributed by atoms with Crippen LogP contribution in [0.1, 0.15) is 61.1 Å². The number of hydrogen-bond acceptors (Lipinski definition) is 4. The van der Waals surface area contributed by atoms with Gasteiger partial charge in [0, 0.05) is 12.0 Å². The van der Waals surface area contributed by atoms with Gasteiger partial charge in [-0.2, -0.15) is 4.98 Å². The summed E-state index contributed by atoms with van der Waals surface area (Å²) in [4.78, 5) is 17.1. The molecule has 24 heavy (non-hydrogen) atoms.